The monoisotopic (exact) mass is 227 g/mol. The van der Waals surface area contributed by atoms with Crippen molar-refractivity contribution in [3.63, 3.8) is 0 Å². The molecular weight excluding hydrogens is 206 g/mol. The van der Waals surface area contributed by atoms with Crippen LogP contribution in [-0.2, 0) is 9.59 Å². The first kappa shape index (κ1) is 13.0. The van der Waals surface area contributed by atoms with E-state index in [2.05, 4.69) is 5.32 Å². The van der Waals surface area contributed by atoms with Crippen LogP contribution >= 0.6 is 0 Å². The molecule has 0 bridgehead atoms. The Bertz CT molecular complexity index is 247. The van der Waals surface area contributed by atoms with Gasteiger partial charge in [-0.3, -0.25) is 9.59 Å². The summed E-state index contributed by atoms with van der Waals surface area (Å²) in [6, 6.07) is 0.194. The van der Waals surface area contributed by atoms with Gasteiger partial charge in [0.1, 0.15) is 5.92 Å². The highest BCUT2D eigenvalue weighted by Gasteiger charge is 2.27. The van der Waals surface area contributed by atoms with Gasteiger partial charge in [0.2, 0.25) is 5.91 Å². The topological polar surface area (TPSA) is 66.4 Å². The SMILES string of the molecule is CCCC(C(=O)O)C(=O)NC1CCCCC1. The number of carboxylic acid groups (broad SMARTS) is 1. The van der Waals surface area contributed by atoms with Crippen LogP contribution < -0.4 is 5.32 Å². The van der Waals surface area contributed by atoms with Gasteiger partial charge >= 0.3 is 5.97 Å². The van der Waals surface area contributed by atoms with Crippen LogP contribution in [0.3, 0.4) is 0 Å². The van der Waals surface area contributed by atoms with Gasteiger partial charge < -0.3 is 10.4 Å². The summed E-state index contributed by atoms with van der Waals surface area (Å²) < 4.78 is 0. The summed E-state index contributed by atoms with van der Waals surface area (Å²) in [4.78, 5) is 22.7. The standard InChI is InChI=1S/C12H21NO3/c1-2-6-10(12(15)16)11(14)13-9-7-4-3-5-8-9/h9-10H,2-8H2,1H3,(H,13,14)(H,15,16). The van der Waals surface area contributed by atoms with E-state index in [9.17, 15) is 9.59 Å². The van der Waals surface area contributed by atoms with E-state index in [4.69, 9.17) is 5.11 Å². The molecule has 1 rings (SSSR count). The first-order valence-electron chi connectivity index (χ1n) is 6.18. The molecule has 1 atom stereocenters. The predicted molar refractivity (Wildman–Crippen MR) is 61.0 cm³/mol. The molecule has 0 spiro atoms. The van der Waals surface area contributed by atoms with Gasteiger partial charge in [-0.25, -0.2) is 0 Å². The van der Waals surface area contributed by atoms with Crippen LogP contribution in [0.1, 0.15) is 51.9 Å². The van der Waals surface area contributed by atoms with Gasteiger partial charge in [0.05, 0.1) is 0 Å². The van der Waals surface area contributed by atoms with Crippen molar-refractivity contribution in [1.29, 1.82) is 0 Å². The molecular formula is C12H21NO3. The highest BCUT2D eigenvalue weighted by molar-refractivity contribution is 5.97. The zero-order valence-corrected chi connectivity index (χ0v) is 9.87. The number of aliphatic carboxylic acids is 1. The van der Waals surface area contributed by atoms with E-state index < -0.39 is 11.9 Å². The maximum atomic E-state index is 11.8. The second-order valence-corrected chi connectivity index (χ2v) is 4.52. The van der Waals surface area contributed by atoms with E-state index in [0.717, 1.165) is 32.1 Å². The zero-order chi connectivity index (χ0) is 12.0. The first-order valence-corrected chi connectivity index (χ1v) is 6.18. The summed E-state index contributed by atoms with van der Waals surface area (Å²) >= 11 is 0. The molecule has 2 N–H and O–H groups in total. The Morgan fingerprint density at radius 1 is 1.31 bits per heavy atom. The van der Waals surface area contributed by atoms with Gasteiger partial charge in [-0.2, -0.15) is 0 Å². The molecule has 4 nitrogen and oxygen atoms in total. The number of carbonyl (C=O) groups is 2. The van der Waals surface area contributed by atoms with Crippen molar-refractivity contribution in [3.8, 4) is 0 Å². The fraction of sp³-hybridized carbons (Fsp3) is 0.833. The molecule has 1 fully saturated rings. The lowest BCUT2D eigenvalue weighted by molar-refractivity contribution is -0.147. The van der Waals surface area contributed by atoms with E-state index in [1.165, 1.54) is 6.42 Å². The third-order valence-corrected chi connectivity index (χ3v) is 3.14. The minimum atomic E-state index is -1.00. The molecule has 0 aromatic rings. The van der Waals surface area contributed by atoms with Crippen molar-refractivity contribution in [1.82, 2.24) is 5.32 Å². The number of nitrogens with one attached hydrogen (secondary N) is 1. The van der Waals surface area contributed by atoms with Gasteiger partial charge in [-0.05, 0) is 19.3 Å². The summed E-state index contributed by atoms with van der Waals surface area (Å²) in [5, 5.41) is 11.8. The Balaban J connectivity index is 2.44. The average molecular weight is 227 g/mol. The normalized spacial score (nSPS) is 19.1. The van der Waals surface area contributed by atoms with Crippen molar-refractivity contribution in [3.05, 3.63) is 0 Å². The lowest BCUT2D eigenvalue weighted by Crippen LogP contribution is -2.42. The van der Waals surface area contributed by atoms with Crippen LogP contribution in [0, 0.1) is 5.92 Å². The quantitative estimate of drug-likeness (QED) is 0.705. The number of hydrogen-bond acceptors (Lipinski definition) is 2. The number of carbonyl (C=O) groups excluding carboxylic acids is 1. The summed E-state index contributed by atoms with van der Waals surface area (Å²) in [5.41, 5.74) is 0. The Kier molecular flexibility index (Phi) is 5.29. The molecule has 4 heteroatoms. The first-order chi connectivity index (χ1) is 7.65. The van der Waals surface area contributed by atoms with Crippen molar-refractivity contribution in [2.45, 2.75) is 57.9 Å². The number of hydrogen-bond donors (Lipinski definition) is 2. The Hall–Kier alpha value is -1.06. The van der Waals surface area contributed by atoms with E-state index in [1.807, 2.05) is 6.92 Å². The van der Waals surface area contributed by atoms with Crippen LogP contribution in [0.4, 0.5) is 0 Å². The third-order valence-electron chi connectivity index (χ3n) is 3.14. The summed E-state index contributed by atoms with van der Waals surface area (Å²) in [6.07, 6.45) is 6.62. The Morgan fingerprint density at radius 3 is 2.44 bits per heavy atom. The van der Waals surface area contributed by atoms with E-state index in [-0.39, 0.29) is 11.9 Å². The summed E-state index contributed by atoms with van der Waals surface area (Å²) in [7, 11) is 0. The molecule has 1 saturated carbocycles. The predicted octanol–water partition coefficient (Wildman–Crippen LogP) is 1.94. The largest absolute Gasteiger partial charge is 0.481 e. The third kappa shape index (κ3) is 3.83. The lowest BCUT2D eigenvalue weighted by Gasteiger charge is -2.24. The molecule has 0 aromatic carbocycles. The molecule has 16 heavy (non-hydrogen) atoms. The molecule has 0 aliphatic heterocycles. The van der Waals surface area contributed by atoms with Gasteiger partial charge in [0.15, 0.2) is 0 Å². The van der Waals surface area contributed by atoms with Crippen molar-refractivity contribution in [2.75, 3.05) is 0 Å². The van der Waals surface area contributed by atoms with Gasteiger partial charge in [-0.1, -0.05) is 32.6 Å². The summed E-state index contributed by atoms with van der Waals surface area (Å²) in [6.45, 7) is 1.89. The smallest absolute Gasteiger partial charge is 0.316 e. The van der Waals surface area contributed by atoms with Crippen LogP contribution in [0.5, 0.6) is 0 Å². The second-order valence-electron chi connectivity index (χ2n) is 4.52. The zero-order valence-electron chi connectivity index (χ0n) is 9.87. The Morgan fingerprint density at radius 2 is 1.94 bits per heavy atom. The fourth-order valence-electron chi connectivity index (χ4n) is 2.20. The average Bonchev–Trinajstić information content (AvgIpc) is 2.26. The molecule has 0 heterocycles. The van der Waals surface area contributed by atoms with Gasteiger partial charge in [-0.15, -0.1) is 0 Å². The lowest BCUT2D eigenvalue weighted by atomic mass is 9.94. The molecule has 92 valence electrons. The maximum Gasteiger partial charge on any atom is 0.316 e. The highest BCUT2D eigenvalue weighted by Crippen LogP contribution is 2.18. The van der Waals surface area contributed by atoms with E-state index in [1.54, 1.807) is 0 Å². The number of rotatable bonds is 5. The molecule has 1 aliphatic rings. The minimum Gasteiger partial charge on any atom is -0.481 e. The fourth-order valence-corrected chi connectivity index (χ4v) is 2.20. The van der Waals surface area contributed by atoms with Crippen molar-refractivity contribution >= 4 is 11.9 Å². The number of carboxylic acids is 1. The van der Waals surface area contributed by atoms with Crippen LogP contribution in [0.2, 0.25) is 0 Å². The molecule has 1 unspecified atom stereocenters. The molecule has 1 aliphatic carbocycles. The van der Waals surface area contributed by atoms with Crippen LogP contribution in [0.15, 0.2) is 0 Å². The molecule has 0 saturated heterocycles. The molecule has 1 amide bonds. The Labute approximate surface area is 96.4 Å². The van der Waals surface area contributed by atoms with E-state index in [0.29, 0.717) is 6.42 Å². The molecule has 0 radical (unpaired) electrons. The van der Waals surface area contributed by atoms with Crippen LogP contribution in [0.25, 0.3) is 0 Å². The van der Waals surface area contributed by atoms with E-state index >= 15 is 0 Å². The van der Waals surface area contributed by atoms with Crippen molar-refractivity contribution in [2.24, 2.45) is 5.92 Å². The number of amides is 1. The molecule has 0 aromatic heterocycles. The van der Waals surface area contributed by atoms with Crippen LogP contribution in [-0.4, -0.2) is 23.0 Å². The van der Waals surface area contributed by atoms with Gasteiger partial charge in [0.25, 0.3) is 0 Å². The summed E-state index contributed by atoms with van der Waals surface area (Å²) in [5.74, 6) is -2.18. The van der Waals surface area contributed by atoms with Gasteiger partial charge in [0, 0.05) is 6.04 Å². The van der Waals surface area contributed by atoms with Crippen molar-refractivity contribution < 1.29 is 14.7 Å². The second kappa shape index (κ2) is 6.51. The maximum absolute atomic E-state index is 11.8. The highest BCUT2D eigenvalue weighted by atomic mass is 16.4. The minimum absolute atomic E-state index is 0.194.